The van der Waals surface area contributed by atoms with E-state index >= 15 is 0 Å². The van der Waals surface area contributed by atoms with E-state index in [0.29, 0.717) is 0 Å². The first-order chi connectivity index (χ1) is 11.0. The Morgan fingerprint density at radius 1 is 1.00 bits per heavy atom. The first kappa shape index (κ1) is 15.1. The van der Waals surface area contributed by atoms with Crippen LogP contribution in [0.15, 0.2) is 54.1 Å². The van der Waals surface area contributed by atoms with E-state index in [1.165, 1.54) is 33.4 Å². The Labute approximate surface area is 147 Å². The lowest BCUT2D eigenvalue weighted by atomic mass is 9.74. The second-order valence-electron chi connectivity index (χ2n) is 6.88. The van der Waals surface area contributed by atoms with Crippen LogP contribution in [0.4, 0.5) is 0 Å². The topological polar surface area (TPSA) is 0 Å². The Kier molecular flexibility index (Phi) is 3.44. The number of halogens is 2. The van der Waals surface area contributed by atoms with Crippen LogP contribution >= 0.6 is 23.2 Å². The van der Waals surface area contributed by atoms with Crippen molar-refractivity contribution >= 4 is 23.2 Å². The van der Waals surface area contributed by atoms with Crippen LogP contribution in [0.2, 0.25) is 10.0 Å². The Bertz CT molecular complexity index is 870. The molecular formula is C21H18Cl2. The number of hydrogen-bond donors (Lipinski definition) is 0. The van der Waals surface area contributed by atoms with Gasteiger partial charge < -0.3 is 0 Å². The van der Waals surface area contributed by atoms with E-state index in [-0.39, 0.29) is 5.41 Å². The summed E-state index contributed by atoms with van der Waals surface area (Å²) in [5, 5.41) is 1.66. The first-order valence-electron chi connectivity index (χ1n) is 7.95. The molecule has 23 heavy (non-hydrogen) atoms. The van der Waals surface area contributed by atoms with Gasteiger partial charge in [0.2, 0.25) is 0 Å². The number of benzene rings is 2. The molecular weight excluding hydrogens is 323 g/mol. The van der Waals surface area contributed by atoms with E-state index in [2.05, 4.69) is 50.3 Å². The molecule has 0 bridgehead atoms. The van der Waals surface area contributed by atoms with Crippen LogP contribution in [0.1, 0.15) is 37.0 Å². The van der Waals surface area contributed by atoms with E-state index in [0.717, 1.165) is 22.9 Å². The van der Waals surface area contributed by atoms with Crippen LogP contribution in [-0.2, 0) is 11.8 Å². The first-order valence-corrected chi connectivity index (χ1v) is 8.71. The molecule has 2 heteroatoms. The summed E-state index contributed by atoms with van der Waals surface area (Å²) < 4.78 is 0. The fraction of sp³-hybridized carbons (Fsp3) is 0.238. The van der Waals surface area contributed by atoms with Gasteiger partial charge in [-0.05, 0) is 58.9 Å². The zero-order chi connectivity index (χ0) is 16.2. The van der Waals surface area contributed by atoms with Crippen molar-refractivity contribution < 1.29 is 0 Å². The fourth-order valence-corrected chi connectivity index (χ4v) is 4.57. The highest BCUT2D eigenvalue weighted by molar-refractivity contribution is 6.32. The van der Waals surface area contributed by atoms with Gasteiger partial charge in [-0.3, -0.25) is 0 Å². The molecule has 0 atom stereocenters. The van der Waals surface area contributed by atoms with E-state index in [9.17, 15) is 0 Å². The maximum absolute atomic E-state index is 6.67. The van der Waals surface area contributed by atoms with Gasteiger partial charge in [0.05, 0.1) is 0 Å². The second kappa shape index (κ2) is 5.26. The molecule has 0 nitrogen and oxygen atoms in total. The van der Waals surface area contributed by atoms with Gasteiger partial charge in [0.25, 0.3) is 0 Å². The predicted molar refractivity (Wildman–Crippen MR) is 99.6 cm³/mol. The van der Waals surface area contributed by atoms with Gasteiger partial charge in [0.15, 0.2) is 0 Å². The Balaban J connectivity index is 1.91. The van der Waals surface area contributed by atoms with Crippen molar-refractivity contribution in [2.24, 2.45) is 0 Å². The zero-order valence-corrected chi connectivity index (χ0v) is 14.8. The number of allylic oxidation sites excluding steroid dienone is 4. The average Bonchev–Trinajstić information content (AvgIpc) is 3.13. The third kappa shape index (κ3) is 2.28. The van der Waals surface area contributed by atoms with Crippen LogP contribution in [0, 0.1) is 0 Å². The highest BCUT2D eigenvalue weighted by Crippen LogP contribution is 2.48. The van der Waals surface area contributed by atoms with Crippen LogP contribution in [0.3, 0.4) is 0 Å². The largest absolute Gasteiger partial charge is 0.0843 e. The van der Waals surface area contributed by atoms with E-state index in [1.54, 1.807) is 0 Å². The summed E-state index contributed by atoms with van der Waals surface area (Å²) in [4.78, 5) is 0. The number of fused-ring (bicyclic) bond motifs is 3. The van der Waals surface area contributed by atoms with E-state index in [4.69, 9.17) is 23.2 Å². The van der Waals surface area contributed by atoms with Crippen molar-refractivity contribution in [1.29, 1.82) is 0 Å². The Morgan fingerprint density at radius 3 is 2.52 bits per heavy atom. The van der Waals surface area contributed by atoms with Crippen LogP contribution in [-0.4, -0.2) is 0 Å². The van der Waals surface area contributed by atoms with Crippen molar-refractivity contribution in [2.75, 3.05) is 0 Å². The normalized spacial score (nSPS) is 15.6. The molecule has 0 radical (unpaired) electrons. The minimum Gasteiger partial charge on any atom is -0.0843 e. The maximum Gasteiger partial charge on any atom is 0.0450 e. The molecule has 0 N–H and O–H groups in total. The van der Waals surface area contributed by atoms with Crippen LogP contribution < -0.4 is 0 Å². The molecule has 0 saturated heterocycles. The third-order valence-electron chi connectivity index (χ3n) is 5.19. The lowest BCUT2D eigenvalue weighted by Crippen LogP contribution is -2.22. The summed E-state index contributed by atoms with van der Waals surface area (Å²) in [7, 11) is 0. The molecule has 116 valence electrons. The predicted octanol–water partition coefficient (Wildman–Crippen LogP) is 6.73. The summed E-state index contributed by atoms with van der Waals surface area (Å²) in [6.07, 6.45) is 8.50. The van der Waals surface area contributed by atoms with Crippen molar-refractivity contribution in [2.45, 2.75) is 32.1 Å². The van der Waals surface area contributed by atoms with Crippen molar-refractivity contribution in [3.63, 3.8) is 0 Å². The molecule has 0 amide bonds. The highest BCUT2D eigenvalue weighted by Gasteiger charge is 2.34. The summed E-state index contributed by atoms with van der Waals surface area (Å²) >= 11 is 12.9. The molecule has 2 aromatic carbocycles. The monoisotopic (exact) mass is 340 g/mol. The van der Waals surface area contributed by atoms with Crippen molar-refractivity contribution in [3.8, 4) is 11.1 Å². The summed E-state index contributed by atoms with van der Waals surface area (Å²) in [6, 6.07) is 10.4. The lowest BCUT2D eigenvalue weighted by molar-refractivity contribution is 0.608. The fourth-order valence-electron chi connectivity index (χ4n) is 3.96. The van der Waals surface area contributed by atoms with Gasteiger partial charge in [0.1, 0.15) is 0 Å². The number of rotatable bonds is 2. The number of hydrogen-bond acceptors (Lipinski definition) is 0. The Hall–Kier alpha value is -1.50. The molecule has 0 unspecified atom stereocenters. The summed E-state index contributed by atoms with van der Waals surface area (Å²) in [6.45, 7) is 4.56. The highest BCUT2D eigenvalue weighted by atomic mass is 35.5. The molecule has 2 aromatic rings. The summed E-state index contributed by atoms with van der Waals surface area (Å²) in [5.41, 5.74) is 7.85. The molecule has 0 aliphatic heterocycles. The van der Waals surface area contributed by atoms with Gasteiger partial charge in [-0.2, -0.15) is 0 Å². The Morgan fingerprint density at radius 2 is 1.78 bits per heavy atom. The third-order valence-corrected chi connectivity index (χ3v) is 5.74. The molecule has 0 spiro atoms. The van der Waals surface area contributed by atoms with Crippen molar-refractivity contribution in [1.82, 2.24) is 0 Å². The molecule has 0 saturated carbocycles. The smallest absolute Gasteiger partial charge is 0.0450 e. The van der Waals surface area contributed by atoms with Crippen LogP contribution in [0.5, 0.6) is 0 Å². The minimum atomic E-state index is -0.0717. The molecule has 2 aliphatic carbocycles. The van der Waals surface area contributed by atoms with E-state index < -0.39 is 0 Å². The van der Waals surface area contributed by atoms with Crippen molar-refractivity contribution in [3.05, 3.63) is 80.9 Å². The average molecular weight is 341 g/mol. The van der Waals surface area contributed by atoms with Gasteiger partial charge in [0, 0.05) is 15.5 Å². The van der Waals surface area contributed by atoms with Crippen LogP contribution in [0.25, 0.3) is 11.1 Å². The van der Waals surface area contributed by atoms with E-state index in [1.807, 2.05) is 12.1 Å². The zero-order valence-electron chi connectivity index (χ0n) is 13.3. The quantitative estimate of drug-likeness (QED) is 0.485. The van der Waals surface area contributed by atoms with Gasteiger partial charge >= 0.3 is 0 Å². The molecule has 4 rings (SSSR count). The lowest BCUT2D eigenvalue weighted by Gasteiger charge is -2.31. The SMILES string of the molecule is CC(C)(C1=CC=CC1)c1c(Cl)ccc2c1Cc1cc(Cl)ccc1-2. The van der Waals surface area contributed by atoms with Gasteiger partial charge in [-0.1, -0.05) is 73.0 Å². The molecule has 0 aromatic heterocycles. The standard InChI is InChI=1S/C21H18Cl2/c1-21(2,14-5-3-4-6-14)20-18-12-13-11-15(22)7-8-16(13)17(18)9-10-19(20)23/h3-5,7-11H,6,12H2,1-2H3. The molecule has 0 heterocycles. The second-order valence-corrected chi connectivity index (χ2v) is 7.72. The summed E-state index contributed by atoms with van der Waals surface area (Å²) in [5.74, 6) is 0. The maximum atomic E-state index is 6.67. The minimum absolute atomic E-state index is 0.0717. The van der Waals surface area contributed by atoms with Gasteiger partial charge in [-0.25, -0.2) is 0 Å². The van der Waals surface area contributed by atoms with Gasteiger partial charge in [-0.15, -0.1) is 0 Å². The molecule has 2 aliphatic rings. The molecule has 0 fully saturated rings.